The summed E-state index contributed by atoms with van der Waals surface area (Å²) in [6.45, 7) is 8.88. The van der Waals surface area contributed by atoms with Crippen LogP contribution in [0.25, 0.3) is 0 Å². The highest BCUT2D eigenvalue weighted by atomic mass is 16.3. The highest BCUT2D eigenvalue weighted by Crippen LogP contribution is 2.02. The Morgan fingerprint density at radius 2 is 1.88 bits per heavy atom. The van der Waals surface area contributed by atoms with Crippen LogP contribution >= 0.6 is 0 Å². The van der Waals surface area contributed by atoms with E-state index in [1.807, 2.05) is 12.1 Å². The third-order valence-electron chi connectivity index (χ3n) is 2.62. The lowest BCUT2D eigenvalue weighted by atomic mass is 10.2. The van der Waals surface area contributed by atoms with Gasteiger partial charge < -0.3 is 15.1 Å². The van der Waals surface area contributed by atoms with Crippen LogP contribution in [0.1, 0.15) is 32.4 Å². The molecule has 0 radical (unpaired) electrons. The van der Waals surface area contributed by atoms with E-state index in [0.717, 1.165) is 50.7 Å². The molecule has 0 unspecified atom stereocenters. The first-order valence-electron chi connectivity index (χ1n) is 6.73. The van der Waals surface area contributed by atoms with E-state index >= 15 is 0 Å². The largest absolute Gasteiger partial charge is 0.469 e. The highest BCUT2D eigenvalue weighted by Gasteiger charge is 1.95. The van der Waals surface area contributed by atoms with Crippen molar-refractivity contribution in [3.63, 3.8) is 0 Å². The Morgan fingerprint density at radius 1 is 1.12 bits per heavy atom. The summed E-state index contributed by atoms with van der Waals surface area (Å²) in [5.41, 5.74) is 0. The van der Waals surface area contributed by atoms with Crippen LogP contribution in [0.2, 0.25) is 0 Å². The monoisotopic (exact) mass is 238 g/mol. The Labute approximate surface area is 105 Å². The molecular weight excluding hydrogens is 212 g/mol. The third-order valence-corrected chi connectivity index (χ3v) is 2.62. The minimum atomic E-state index is 0.747. The number of hydrogen-bond acceptors (Lipinski definition) is 3. The Hall–Kier alpha value is -0.800. The van der Waals surface area contributed by atoms with Gasteiger partial charge in [0.1, 0.15) is 5.76 Å². The van der Waals surface area contributed by atoms with Gasteiger partial charge in [0.15, 0.2) is 0 Å². The molecule has 0 aliphatic rings. The van der Waals surface area contributed by atoms with E-state index in [0.29, 0.717) is 0 Å². The number of furan rings is 1. The molecule has 98 valence electrons. The maximum Gasteiger partial charge on any atom is 0.103 e. The fourth-order valence-corrected chi connectivity index (χ4v) is 1.70. The molecule has 0 fully saturated rings. The van der Waals surface area contributed by atoms with Crippen molar-refractivity contribution in [1.29, 1.82) is 0 Å². The molecule has 3 nitrogen and oxygen atoms in total. The average Bonchev–Trinajstić information content (AvgIpc) is 2.79. The summed E-state index contributed by atoms with van der Waals surface area (Å²) in [5.74, 6) is 1.83. The quantitative estimate of drug-likeness (QED) is 0.615. The standard InChI is InChI=1S/C14H26N2O/c1-13(2)12-16-10-5-9-15-8-3-6-14-7-4-11-17-14/h4,7,11,13,15-16H,3,5-6,8-10,12H2,1-2H3. The number of hydrogen-bond donors (Lipinski definition) is 2. The first-order chi connectivity index (χ1) is 8.29. The van der Waals surface area contributed by atoms with Crippen LogP contribution in [0.15, 0.2) is 22.8 Å². The fourth-order valence-electron chi connectivity index (χ4n) is 1.70. The van der Waals surface area contributed by atoms with E-state index in [1.165, 1.54) is 6.42 Å². The molecule has 1 aromatic rings. The van der Waals surface area contributed by atoms with Crippen LogP contribution in [-0.4, -0.2) is 26.2 Å². The molecule has 1 rings (SSSR count). The van der Waals surface area contributed by atoms with Gasteiger partial charge in [-0.05, 0) is 57.1 Å². The van der Waals surface area contributed by atoms with Crippen molar-refractivity contribution >= 4 is 0 Å². The topological polar surface area (TPSA) is 37.2 Å². The molecule has 2 N–H and O–H groups in total. The molecule has 0 bridgehead atoms. The average molecular weight is 238 g/mol. The Kier molecular flexibility index (Phi) is 7.76. The third kappa shape index (κ3) is 8.00. The van der Waals surface area contributed by atoms with Crippen LogP contribution in [0.3, 0.4) is 0 Å². The van der Waals surface area contributed by atoms with Crippen molar-refractivity contribution in [2.24, 2.45) is 5.92 Å². The van der Waals surface area contributed by atoms with Gasteiger partial charge in [0, 0.05) is 6.42 Å². The van der Waals surface area contributed by atoms with Crippen LogP contribution in [0.5, 0.6) is 0 Å². The van der Waals surface area contributed by atoms with Crippen LogP contribution in [0, 0.1) is 5.92 Å². The van der Waals surface area contributed by atoms with Gasteiger partial charge in [0.25, 0.3) is 0 Å². The molecule has 0 saturated carbocycles. The molecule has 3 heteroatoms. The minimum absolute atomic E-state index is 0.747. The zero-order valence-electron chi connectivity index (χ0n) is 11.2. The zero-order valence-corrected chi connectivity index (χ0v) is 11.2. The summed E-state index contributed by atoms with van der Waals surface area (Å²) in [6, 6.07) is 3.99. The lowest BCUT2D eigenvalue weighted by Crippen LogP contribution is -2.25. The molecule has 0 aliphatic carbocycles. The number of rotatable bonds is 10. The highest BCUT2D eigenvalue weighted by molar-refractivity contribution is 4.97. The van der Waals surface area contributed by atoms with Crippen molar-refractivity contribution in [2.45, 2.75) is 33.1 Å². The van der Waals surface area contributed by atoms with Gasteiger partial charge in [0.05, 0.1) is 6.26 Å². The predicted molar refractivity (Wildman–Crippen MR) is 72.2 cm³/mol. The summed E-state index contributed by atoms with van der Waals surface area (Å²) < 4.78 is 5.28. The summed E-state index contributed by atoms with van der Waals surface area (Å²) >= 11 is 0. The van der Waals surface area contributed by atoms with E-state index < -0.39 is 0 Å². The Bertz CT molecular complexity index is 257. The second kappa shape index (κ2) is 9.25. The zero-order chi connectivity index (χ0) is 12.3. The second-order valence-corrected chi connectivity index (χ2v) is 4.88. The maximum absolute atomic E-state index is 5.28. The normalized spacial score (nSPS) is 11.2. The van der Waals surface area contributed by atoms with Crippen molar-refractivity contribution in [3.05, 3.63) is 24.2 Å². The summed E-state index contributed by atoms with van der Waals surface area (Å²) in [5, 5.41) is 6.90. The van der Waals surface area contributed by atoms with E-state index in [9.17, 15) is 0 Å². The molecule has 0 amide bonds. The SMILES string of the molecule is CC(C)CNCCCNCCCc1ccco1. The molecule has 1 heterocycles. The van der Waals surface area contributed by atoms with Gasteiger partial charge in [-0.2, -0.15) is 0 Å². The van der Waals surface area contributed by atoms with E-state index in [-0.39, 0.29) is 0 Å². The van der Waals surface area contributed by atoms with Crippen molar-refractivity contribution in [1.82, 2.24) is 10.6 Å². The minimum Gasteiger partial charge on any atom is -0.469 e. The molecule has 1 aromatic heterocycles. The smallest absolute Gasteiger partial charge is 0.103 e. The van der Waals surface area contributed by atoms with Crippen molar-refractivity contribution in [3.8, 4) is 0 Å². The molecule has 17 heavy (non-hydrogen) atoms. The predicted octanol–water partition coefficient (Wildman–Crippen LogP) is 2.44. The molecule has 0 aliphatic heterocycles. The van der Waals surface area contributed by atoms with E-state index in [1.54, 1.807) is 6.26 Å². The van der Waals surface area contributed by atoms with Gasteiger partial charge in [0.2, 0.25) is 0 Å². The first-order valence-corrected chi connectivity index (χ1v) is 6.73. The summed E-state index contributed by atoms with van der Waals surface area (Å²) in [6.07, 6.45) is 5.12. The lowest BCUT2D eigenvalue weighted by molar-refractivity contribution is 0.492. The van der Waals surface area contributed by atoms with Gasteiger partial charge in [-0.15, -0.1) is 0 Å². The van der Waals surface area contributed by atoms with Crippen molar-refractivity contribution in [2.75, 3.05) is 26.2 Å². The molecule has 0 saturated heterocycles. The van der Waals surface area contributed by atoms with Crippen LogP contribution in [-0.2, 0) is 6.42 Å². The molecule has 0 aromatic carbocycles. The van der Waals surface area contributed by atoms with Gasteiger partial charge >= 0.3 is 0 Å². The second-order valence-electron chi connectivity index (χ2n) is 4.88. The van der Waals surface area contributed by atoms with Gasteiger partial charge in [-0.25, -0.2) is 0 Å². The Balaban J connectivity index is 1.79. The molecule has 0 atom stereocenters. The number of aryl methyl sites for hydroxylation is 1. The Morgan fingerprint density at radius 3 is 2.59 bits per heavy atom. The van der Waals surface area contributed by atoms with Crippen LogP contribution < -0.4 is 10.6 Å². The lowest BCUT2D eigenvalue weighted by Gasteiger charge is -2.07. The first kappa shape index (κ1) is 14.3. The van der Waals surface area contributed by atoms with Gasteiger partial charge in [-0.1, -0.05) is 13.8 Å². The maximum atomic E-state index is 5.28. The fraction of sp³-hybridized carbons (Fsp3) is 0.714. The summed E-state index contributed by atoms with van der Waals surface area (Å²) in [7, 11) is 0. The molecule has 0 spiro atoms. The van der Waals surface area contributed by atoms with Crippen molar-refractivity contribution < 1.29 is 4.42 Å². The van der Waals surface area contributed by atoms with E-state index in [4.69, 9.17) is 4.42 Å². The van der Waals surface area contributed by atoms with E-state index in [2.05, 4.69) is 24.5 Å². The number of nitrogens with one attached hydrogen (secondary N) is 2. The summed E-state index contributed by atoms with van der Waals surface area (Å²) in [4.78, 5) is 0. The van der Waals surface area contributed by atoms with Crippen LogP contribution in [0.4, 0.5) is 0 Å². The van der Waals surface area contributed by atoms with Gasteiger partial charge in [-0.3, -0.25) is 0 Å². The molecular formula is C14H26N2O.